The van der Waals surface area contributed by atoms with Crippen LogP contribution in [0.15, 0.2) is 0 Å². The molecule has 2 atom stereocenters. The first-order valence-corrected chi connectivity index (χ1v) is 6.86. The minimum absolute atomic E-state index is 0.0225. The summed E-state index contributed by atoms with van der Waals surface area (Å²) in [5, 5.41) is 11.9. The second kappa shape index (κ2) is 7.24. The van der Waals surface area contributed by atoms with Crippen LogP contribution in [-0.4, -0.2) is 41.1 Å². The molecule has 0 heterocycles. The lowest BCUT2D eigenvalue weighted by atomic mass is 10.1. The molecule has 1 aliphatic rings. The minimum Gasteiger partial charge on any atom is -0.481 e. The summed E-state index contributed by atoms with van der Waals surface area (Å²) >= 11 is 0. The second-order valence-electron chi connectivity index (χ2n) is 4.93. The maximum absolute atomic E-state index is 12.0. The number of carboxylic acid groups (broad SMARTS) is 1. The Morgan fingerprint density at radius 3 is 2.56 bits per heavy atom. The number of carbonyl (C=O) groups is 2. The molecule has 0 spiro atoms. The molecule has 5 heteroatoms. The van der Waals surface area contributed by atoms with Crippen molar-refractivity contribution in [3.05, 3.63) is 0 Å². The molecule has 2 N–H and O–H groups in total. The Bertz CT molecular complexity index is 294. The minimum atomic E-state index is -0.745. The van der Waals surface area contributed by atoms with Crippen LogP contribution < -0.4 is 5.32 Å². The SMILES string of the molecule is CCCCN(CC)C(=O)NC1CCC(C(=O)O)C1. The number of carbonyl (C=O) groups excluding carboxylic acids is 1. The summed E-state index contributed by atoms with van der Waals surface area (Å²) in [5.41, 5.74) is 0. The van der Waals surface area contributed by atoms with Crippen LogP contribution in [0, 0.1) is 5.92 Å². The van der Waals surface area contributed by atoms with Crippen LogP contribution in [0.5, 0.6) is 0 Å². The van der Waals surface area contributed by atoms with Crippen molar-refractivity contribution in [1.82, 2.24) is 10.2 Å². The molecule has 2 unspecified atom stereocenters. The zero-order chi connectivity index (χ0) is 13.5. The van der Waals surface area contributed by atoms with Gasteiger partial charge in [-0.25, -0.2) is 4.79 Å². The van der Waals surface area contributed by atoms with E-state index in [1.54, 1.807) is 4.90 Å². The molecule has 0 saturated heterocycles. The molecule has 0 aliphatic heterocycles. The number of nitrogens with one attached hydrogen (secondary N) is 1. The van der Waals surface area contributed by atoms with Gasteiger partial charge in [-0.1, -0.05) is 13.3 Å². The van der Waals surface area contributed by atoms with Gasteiger partial charge < -0.3 is 15.3 Å². The fourth-order valence-corrected chi connectivity index (χ4v) is 2.36. The fraction of sp³-hybridized carbons (Fsp3) is 0.846. The first-order valence-electron chi connectivity index (χ1n) is 6.86. The number of unbranched alkanes of at least 4 members (excludes halogenated alkanes) is 1. The number of hydrogen-bond donors (Lipinski definition) is 2. The van der Waals surface area contributed by atoms with Crippen LogP contribution in [0.3, 0.4) is 0 Å². The predicted octanol–water partition coefficient (Wildman–Crippen LogP) is 2.07. The molecular formula is C13H24N2O3. The lowest BCUT2D eigenvalue weighted by Gasteiger charge is -2.23. The number of carboxylic acids is 1. The largest absolute Gasteiger partial charge is 0.481 e. The lowest BCUT2D eigenvalue weighted by Crippen LogP contribution is -2.44. The van der Waals surface area contributed by atoms with E-state index >= 15 is 0 Å². The molecule has 0 aromatic carbocycles. The predicted molar refractivity (Wildman–Crippen MR) is 69.5 cm³/mol. The van der Waals surface area contributed by atoms with E-state index in [-0.39, 0.29) is 18.0 Å². The van der Waals surface area contributed by atoms with Gasteiger partial charge in [0.15, 0.2) is 0 Å². The van der Waals surface area contributed by atoms with Gasteiger partial charge in [-0.2, -0.15) is 0 Å². The monoisotopic (exact) mass is 256 g/mol. The summed E-state index contributed by atoms with van der Waals surface area (Å²) in [6.07, 6.45) is 4.07. The van der Waals surface area contributed by atoms with Gasteiger partial charge >= 0.3 is 12.0 Å². The van der Waals surface area contributed by atoms with Crippen molar-refractivity contribution in [3.63, 3.8) is 0 Å². The maximum atomic E-state index is 12.0. The van der Waals surface area contributed by atoms with Crippen molar-refractivity contribution in [2.45, 2.75) is 52.0 Å². The molecule has 5 nitrogen and oxygen atoms in total. The van der Waals surface area contributed by atoms with E-state index in [0.717, 1.165) is 25.8 Å². The molecule has 1 saturated carbocycles. The zero-order valence-electron chi connectivity index (χ0n) is 11.3. The number of urea groups is 1. The quantitative estimate of drug-likeness (QED) is 0.764. The number of aliphatic carboxylic acids is 1. The standard InChI is InChI=1S/C13H24N2O3/c1-3-5-8-15(4-2)13(18)14-11-7-6-10(9-11)12(16)17/h10-11H,3-9H2,1-2H3,(H,14,18)(H,16,17). The van der Waals surface area contributed by atoms with Crippen molar-refractivity contribution < 1.29 is 14.7 Å². The number of nitrogens with zero attached hydrogens (tertiary/aromatic N) is 1. The van der Waals surface area contributed by atoms with Crippen molar-refractivity contribution in [2.24, 2.45) is 5.92 Å². The average molecular weight is 256 g/mol. The van der Waals surface area contributed by atoms with Crippen LogP contribution >= 0.6 is 0 Å². The highest BCUT2D eigenvalue weighted by Gasteiger charge is 2.31. The Hall–Kier alpha value is -1.26. The third-order valence-electron chi connectivity index (χ3n) is 3.56. The molecule has 2 amide bonds. The van der Waals surface area contributed by atoms with E-state index in [9.17, 15) is 9.59 Å². The lowest BCUT2D eigenvalue weighted by molar-refractivity contribution is -0.141. The molecule has 1 fully saturated rings. The van der Waals surface area contributed by atoms with Gasteiger partial charge in [-0.05, 0) is 32.6 Å². The highest BCUT2D eigenvalue weighted by molar-refractivity contribution is 5.75. The highest BCUT2D eigenvalue weighted by Crippen LogP contribution is 2.25. The van der Waals surface area contributed by atoms with Gasteiger partial charge in [0.1, 0.15) is 0 Å². The molecule has 1 rings (SSSR count). The molecule has 0 bridgehead atoms. The molecule has 0 radical (unpaired) electrons. The molecule has 0 aromatic heterocycles. The summed E-state index contributed by atoms with van der Waals surface area (Å²) in [7, 11) is 0. The Labute approximate surface area is 109 Å². The van der Waals surface area contributed by atoms with Crippen molar-refractivity contribution in [1.29, 1.82) is 0 Å². The molecule has 0 aromatic rings. The summed E-state index contributed by atoms with van der Waals surface area (Å²) in [4.78, 5) is 24.6. The van der Waals surface area contributed by atoms with Crippen LogP contribution in [0.2, 0.25) is 0 Å². The molecule has 1 aliphatic carbocycles. The third kappa shape index (κ3) is 4.20. The second-order valence-corrected chi connectivity index (χ2v) is 4.93. The maximum Gasteiger partial charge on any atom is 0.317 e. The van der Waals surface area contributed by atoms with Crippen molar-refractivity contribution >= 4 is 12.0 Å². The normalized spacial score (nSPS) is 22.8. The Kier molecular flexibility index (Phi) is 5.95. The van der Waals surface area contributed by atoms with Gasteiger partial charge in [0, 0.05) is 19.1 Å². The Morgan fingerprint density at radius 2 is 2.06 bits per heavy atom. The van der Waals surface area contributed by atoms with Crippen LogP contribution in [0.1, 0.15) is 46.0 Å². The van der Waals surface area contributed by atoms with Crippen LogP contribution in [0.4, 0.5) is 4.79 Å². The van der Waals surface area contributed by atoms with Crippen molar-refractivity contribution in [3.8, 4) is 0 Å². The van der Waals surface area contributed by atoms with E-state index in [1.807, 2.05) is 6.92 Å². The zero-order valence-corrected chi connectivity index (χ0v) is 11.3. The topological polar surface area (TPSA) is 69.6 Å². The van der Waals surface area contributed by atoms with Crippen LogP contribution in [-0.2, 0) is 4.79 Å². The summed E-state index contributed by atoms with van der Waals surface area (Å²) in [6, 6.07) is -0.0312. The van der Waals surface area contributed by atoms with E-state index < -0.39 is 5.97 Å². The van der Waals surface area contributed by atoms with Gasteiger partial charge in [0.05, 0.1) is 5.92 Å². The summed E-state index contributed by atoms with van der Waals surface area (Å²) < 4.78 is 0. The van der Waals surface area contributed by atoms with E-state index in [1.165, 1.54) is 0 Å². The summed E-state index contributed by atoms with van der Waals surface area (Å²) in [5.74, 6) is -1.04. The fourth-order valence-electron chi connectivity index (χ4n) is 2.36. The average Bonchev–Trinajstić information content (AvgIpc) is 2.78. The van der Waals surface area contributed by atoms with Gasteiger partial charge in [-0.15, -0.1) is 0 Å². The third-order valence-corrected chi connectivity index (χ3v) is 3.56. The Balaban J connectivity index is 2.37. The summed E-state index contributed by atoms with van der Waals surface area (Å²) in [6.45, 7) is 5.53. The first-order chi connectivity index (χ1) is 8.58. The highest BCUT2D eigenvalue weighted by atomic mass is 16.4. The molecule has 104 valence electrons. The van der Waals surface area contributed by atoms with E-state index in [4.69, 9.17) is 5.11 Å². The number of rotatable bonds is 6. The van der Waals surface area contributed by atoms with E-state index in [2.05, 4.69) is 12.2 Å². The number of hydrogen-bond acceptors (Lipinski definition) is 2. The first kappa shape index (κ1) is 14.8. The van der Waals surface area contributed by atoms with Crippen LogP contribution in [0.25, 0.3) is 0 Å². The van der Waals surface area contributed by atoms with Gasteiger partial charge in [-0.3, -0.25) is 4.79 Å². The smallest absolute Gasteiger partial charge is 0.317 e. The molecule has 18 heavy (non-hydrogen) atoms. The van der Waals surface area contributed by atoms with Crippen molar-refractivity contribution in [2.75, 3.05) is 13.1 Å². The van der Waals surface area contributed by atoms with Gasteiger partial charge in [0.25, 0.3) is 0 Å². The van der Waals surface area contributed by atoms with E-state index in [0.29, 0.717) is 19.4 Å². The molecular weight excluding hydrogens is 232 g/mol. The number of amides is 2. The Morgan fingerprint density at radius 1 is 1.33 bits per heavy atom. The van der Waals surface area contributed by atoms with Gasteiger partial charge in [0.2, 0.25) is 0 Å².